The van der Waals surface area contributed by atoms with Gasteiger partial charge in [0.2, 0.25) is 0 Å². The Morgan fingerprint density at radius 2 is 1.90 bits per heavy atom. The zero-order valence-electron chi connectivity index (χ0n) is 12.1. The van der Waals surface area contributed by atoms with Crippen LogP contribution in [0, 0.1) is 22.7 Å². The molecule has 2 aliphatic carbocycles. The van der Waals surface area contributed by atoms with Gasteiger partial charge in [0.1, 0.15) is 6.61 Å². The van der Waals surface area contributed by atoms with Crippen molar-refractivity contribution in [3.63, 3.8) is 0 Å². The lowest BCUT2D eigenvalue weighted by Gasteiger charge is -2.35. The molecule has 0 heterocycles. The highest BCUT2D eigenvalue weighted by atomic mass is 16.4. The molecule has 0 aromatic rings. The van der Waals surface area contributed by atoms with Crippen molar-refractivity contribution >= 4 is 17.7 Å². The Hall–Kier alpha value is -1.69. The van der Waals surface area contributed by atoms with Gasteiger partial charge in [-0.3, -0.25) is 9.59 Å². The minimum absolute atomic E-state index is 0.000278. The largest absolute Gasteiger partial charge is 0.481 e. The van der Waals surface area contributed by atoms with Crippen LogP contribution in [0.3, 0.4) is 0 Å². The van der Waals surface area contributed by atoms with Gasteiger partial charge in [0.05, 0.1) is 6.42 Å². The van der Waals surface area contributed by atoms with Crippen LogP contribution in [0.15, 0.2) is 11.6 Å². The molecule has 0 aromatic carbocycles. The van der Waals surface area contributed by atoms with Gasteiger partial charge >= 0.3 is 11.9 Å². The maximum atomic E-state index is 12.4. The van der Waals surface area contributed by atoms with Crippen LogP contribution in [-0.4, -0.2) is 39.6 Å². The molecule has 0 radical (unpaired) electrons. The molecule has 0 amide bonds. The molecule has 0 spiro atoms. The van der Waals surface area contributed by atoms with E-state index >= 15 is 0 Å². The van der Waals surface area contributed by atoms with Crippen molar-refractivity contribution in [1.82, 2.24) is 0 Å². The highest BCUT2D eigenvalue weighted by Gasteiger charge is 2.62. The van der Waals surface area contributed by atoms with Gasteiger partial charge in [-0.05, 0) is 24.2 Å². The topological polar surface area (TPSA) is 112 Å². The van der Waals surface area contributed by atoms with Crippen LogP contribution in [0.5, 0.6) is 0 Å². The summed E-state index contributed by atoms with van der Waals surface area (Å²) in [6.07, 6.45) is 2.15. The minimum Gasteiger partial charge on any atom is -0.481 e. The first-order valence-electron chi connectivity index (χ1n) is 6.95. The predicted octanol–water partition coefficient (Wildman–Crippen LogP) is 1.09. The van der Waals surface area contributed by atoms with E-state index in [2.05, 4.69) is 0 Å². The van der Waals surface area contributed by atoms with Crippen LogP contribution in [0.1, 0.15) is 33.1 Å². The van der Waals surface area contributed by atoms with Crippen molar-refractivity contribution in [3.05, 3.63) is 11.6 Å². The Bertz CT molecular complexity index is 532. The fourth-order valence-corrected chi connectivity index (χ4v) is 4.31. The summed E-state index contributed by atoms with van der Waals surface area (Å²) in [5.74, 6) is -3.96. The highest BCUT2D eigenvalue weighted by Crippen LogP contribution is 2.63. The first-order valence-corrected chi connectivity index (χ1v) is 6.95. The van der Waals surface area contributed by atoms with E-state index in [4.69, 9.17) is 5.11 Å². The lowest BCUT2D eigenvalue weighted by molar-refractivity contribution is -0.142. The second-order valence-corrected chi connectivity index (χ2v) is 6.85. The Kier molecular flexibility index (Phi) is 3.70. The second kappa shape index (κ2) is 4.94. The summed E-state index contributed by atoms with van der Waals surface area (Å²) in [4.78, 5) is 34.9. The molecule has 3 unspecified atom stereocenters. The molecule has 0 bridgehead atoms. The maximum Gasteiger partial charge on any atom is 0.331 e. The van der Waals surface area contributed by atoms with Gasteiger partial charge in [0.15, 0.2) is 5.78 Å². The summed E-state index contributed by atoms with van der Waals surface area (Å²) >= 11 is 0. The number of carboxylic acid groups (broad SMARTS) is 2. The first kappa shape index (κ1) is 15.7. The minimum atomic E-state index is -1.18. The molecule has 2 aliphatic rings. The summed E-state index contributed by atoms with van der Waals surface area (Å²) in [6, 6.07) is 0. The highest BCUT2D eigenvalue weighted by molar-refractivity contribution is 5.96. The molecule has 1 fully saturated rings. The molecular formula is C15H20O6. The van der Waals surface area contributed by atoms with Gasteiger partial charge in [-0.1, -0.05) is 19.9 Å². The van der Waals surface area contributed by atoms with Crippen molar-refractivity contribution in [2.45, 2.75) is 33.1 Å². The number of hydrogen-bond acceptors (Lipinski definition) is 4. The number of carbonyl (C=O) groups excluding carboxylic acids is 1. The number of hydrogen-bond donors (Lipinski definition) is 3. The van der Waals surface area contributed by atoms with Gasteiger partial charge < -0.3 is 15.3 Å². The maximum absolute atomic E-state index is 12.4. The molecule has 6 heteroatoms. The van der Waals surface area contributed by atoms with Crippen LogP contribution in [-0.2, 0) is 14.4 Å². The molecule has 6 nitrogen and oxygen atoms in total. The predicted molar refractivity (Wildman–Crippen MR) is 72.5 cm³/mol. The third kappa shape index (κ3) is 2.37. The van der Waals surface area contributed by atoms with Gasteiger partial charge in [-0.2, -0.15) is 0 Å². The summed E-state index contributed by atoms with van der Waals surface area (Å²) < 4.78 is 0. The smallest absolute Gasteiger partial charge is 0.331 e. The Morgan fingerprint density at radius 1 is 1.29 bits per heavy atom. The monoisotopic (exact) mass is 296 g/mol. The zero-order chi connectivity index (χ0) is 16.0. The standard InChI is InChI=1S/C15H20O6/c1-14(2)5-8-3-9(13(20)21)10(4-12(18)19)15(8,7-14)11(17)6-16/h3,8,10,16H,4-7H2,1-2H3,(H,18,19)(H,20,21). The van der Waals surface area contributed by atoms with Crippen molar-refractivity contribution < 1.29 is 29.7 Å². The molecule has 2 rings (SSSR count). The number of carbonyl (C=O) groups is 3. The first-order chi connectivity index (χ1) is 9.64. The van der Waals surface area contributed by atoms with Crippen LogP contribution < -0.4 is 0 Å². The average molecular weight is 296 g/mol. The lowest BCUT2D eigenvalue weighted by atomic mass is 9.66. The van der Waals surface area contributed by atoms with E-state index in [9.17, 15) is 24.6 Å². The van der Waals surface area contributed by atoms with E-state index < -0.39 is 42.1 Å². The number of carboxylic acids is 2. The number of ketones is 1. The van der Waals surface area contributed by atoms with E-state index in [0.29, 0.717) is 12.8 Å². The number of aliphatic hydroxyl groups is 1. The zero-order valence-corrected chi connectivity index (χ0v) is 12.1. The van der Waals surface area contributed by atoms with Crippen molar-refractivity contribution in [3.8, 4) is 0 Å². The number of Topliss-reactive ketones (excluding diaryl/α,β-unsaturated/α-hetero) is 1. The SMILES string of the molecule is CC1(C)CC2C=C(C(=O)O)C(CC(=O)O)C2(C(=O)CO)C1. The van der Waals surface area contributed by atoms with Gasteiger partial charge in [0, 0.05) is 16.9 Å². The van der Waals surface area contributed by atoms with Crippen molar-refractivity contribution in [2.24, 2.45) is 22.7 Å². The number of rotatable bonds is 5. The summed E-state index contributed by atoms with van der Waals surface area (Å²) in [5, 5.41) is 27.7. The number of aliphatic hydroxyl groups excluding tert-OH is 1. The van der Waals surface area contributed by atoms with Crippen molar-refractivity contribution in [2.75, 3.05) is 6.61 Å². The molecule has 3 atom stereocenters. The molecule has 3 N–H and O–H groups in total. The molecule has 116 valence electrons. The van der Waals surface area contributed by atoms with Gasteiger partial charge in [-0.25, -0.2) is 4.79 Å². The fourth-order valence-electron chi connectivity index (χ4n) is 4.31. The summed E-state index contributed by atoms with van der Waals surface area (Å²) in [6.45, 7) is 3.26. The number of aliphatic carboxylic acids is 2. The third-order valence-corrected chi connectivity index (χ3v) is 4.87. The quantitative estimate of drug-likeness (QED) is 0.700. The van der Waals surface area contributed by atoms with Crippen LogP contribution >= 0.6 is 0 Å². The number of fused-ring (bicyclic) bond motifs is 1. The van der Waals surface area contributed by atoms with E-state index in [1.807, 2.05) is 13.8 Å². The molecule has 0 saturated heterocycles. The van der Waals surface area contributed by atoms with Gasteiger partial charge in [-0.15, -0.1) is 0 Å². The Balaban J connectivity index is 2.54. The number of allylic oxidation sites excluding steroid dienone is 1. The molecule has 0 aliphatic heterocycles. The Morgan fingerprint density at radius 3 is 2.38 bits per heavy atom. The van der Waals surface area contributed by atoms with E-state index in [1.54, 1.807) is 0 Å². The Labute approximate surface area is 122 Å². The van der Waals surface area contributed by atoms with Crippen LogP contribution in [0.4, 0.5) is 0 Å². The molecule has 0 aromatic heterocycles. The second-order valence-electron chi connectivity index (χ2n) is 6.85. The average Bonchev–Trinajstić information content (AvgIpc) is 2.78. The normalized spacial score (nSPS) is 33.4. The molecule has 1 saturated carbocycles. The van der Waals surface area contributed by atoms with E-state index in [0.717, 1.165) is 0 Å². The van der Waals surface area contributed by atoms with Crippen LogP contribution in [0.2, 0.25) is 0 Å². The van der Waals surface area contributed by atoms with Crippen LogP contribution in [0.25, 0.3) is 0 Å². The van der Waals surface area contributed by atoms with E-state index in [-0.39, 0.29) is 16.9 Å². The third-order valence-electron chi connectivity index (χ3n) is 4.87. The van der Waals surface area contributed by atoms with Crippen molar-refractivity contribution in [1.29, 1.82) is 0 Å². The summed E-state index contributed by atoms with van der Waals surface area (Å²) in [7, 11) is 0. The molecule has 21 heavy (non-hydrogen) atoms. The lowest BCUT2D eigenvalue weighted by Crippen LogP contribution is -2.42. The van der Waals surface area contributed by atoms with Gasteiger partial charge in [0.25, 0.3) is 0 Å². The molecular weight excluding hydrogens is 276 g/mol. The van der Waals surface area contributed by atoms with E-state index in [1.165, 1.54) is 6.08 Å². The fraction of sp³-hybridized carbons (Fsp3) is 0.667. The summed E-state index contributed by atoms with van der Waals surface area (Å²) in [5.41, 5.74) is -1.28.